The van der Waals surface area contributed by atoms with Gasteiger partial charge in [-0.15, -0.1) is 0 Å². The Balaban J connectivity index is 1.79. The first kappa shape index (κ1) is 32.8. The third-order valence-corrected chi connectivity index (χ3v) is 9.21. The van der Waals surface area contributed by atoms with Crippen molar-refractivity contribution in [2.45, 2.75) is 154 Å². The van der Waals surface area contributed by atoms with E-state index in [0.717, 1.165) is 54.9 Å². The van der Waals surface area contributed by atoms with Crippen LogP contribution in [-0.4, -0.2) is 15.0 Å². The lowest BCUT2D eigenvalue weighted by molar-refractivity contribution is 0.306. The third-order valence-electron chi connectivity index (χ3n) is 7.75. The van der Waals surface area contributed by atoms with E-state index >= 15 is 0 Å². The zero-order chi connectivity index (χ0) is 27.3. The van der Waals surface area contributed by atoms with Gasteiger partial charge < -0.3 is 0 Å². The SMILES string of the molecule is CCCCCCCCCCCCOS(=O)(=O)c1c(CCCCCCCCCCCC)ccc2ccccc12. The number of hydrogen-bond donors (Lipinski definition) is 0. The summed E-state index contributed by atoms with van der Waals surface area (Å²) in [5.74, 6) is 0. The summed E-state index contributed by atoms with van der Waals surface area (Å²) in [6.07, 6.45) is 25.8. The first-order chi connectivity index (χ1) is 18.6. The number of unbranched alkanes of at least 4 members (excludes halogenated alkanes) is 18. The second-order valence-corrected chi connectivity index (χ2v) is 12.7. The fourth-order valence-electron chi connectivity index (χ4n) is 5.40. The fraction of sp³-hybridized carbons (Fsp3) is 0.706. The molecule has 0 aliphatic heterocycles. The van der Waals surface area contributed by atoms with Crippen LogP contribution in [0, 0.1) is 0 Å². The Kier molecular flexibility index (Phi) is 17.7. The maximum Gasteiger partial charge on any atom is 0.297 e. The molecule has 0 atom stereocenters. The molecule has 38 heavy (non-hydrogen) atoms. The van der Waals surface area contributed by atoms with Crippen molar-refractivity contribution in [1.29, 1.82) is 0 Å². The van der Waals surface area contributed by atoms with Gasteiger partial charge >= 0.3 is 0 Å². The molecule has 4 heteroatoms. The van der Waals surface area contributed by atoms with Crippen molar-refractivity contribution in [3.8, 4) is 0 Å². The Hall–Kier alpha value is -1.39. The molecule has 0 heterocycles. The topological polar surface area (TPSA) is 43.4 Å². The normalized spacial score (nSPS) is 11.9. The minimum absolute atomic E-state index is 0.278. The van der Waals surface area contributed by atoms with E-state index in [0.29, 0.717) is 4.90 Å². The molecule has 0 bridgehead atoms. The molecule has 0 N–H and O–H groups in total. The molecular weight excluding hydrogens is 488 g/mol. The van der Waals surface area contributed by atoms with Gasteiger partial charge in [-0.1, -0.05) is 166 Å². The average Bonchev–Trinajstić information content (AvgIpc) is 2.92. The van der Waals surface area contributed by atoms with Crippen molar-refractivity contribution in [2.75, 3.05) is 6.61 Å². The van der Waals surface area contributed by atoms with Crippen molar-refractivity contribution in [3.05, 3.63) is 42.0 Å². The summed E-state index contributed by atoms with van der Waals surface area (Å²) in [5, 5.41) is 1.75. The van der Waals surface area contributed by atoms with Gasteiger partial charge in [0.15, 0.2) is 0 Å². The van der Waals surface area contributed by atoms with Crippen LogP contribution in [0.4, 0.5) is 0 Å². The van der Waals surface area contributed by atoms with Gasteiger partial charge in [0.05, 0.1) is 6.61 Å². The molecule has 2 rings (SSSR count). The minimum atomic E-state index is -3.79. The van der Waals surface area contributed by atoms with Crippen LogP contribution >= 0.6 is 0 Å². The molecule has 0 saturated carbocycles. The van der Waals surface area contributed by atoms with Gasteiger partial charge in [0.1, 0.15) is 4.90 Å². The van der Waals surface area contributed by atoms with E-state index in [1.54, 1.807) is 0 Å². The van der Waals surface area contributed by atoms with E-state index in [9.17, 15) is 8.42 Å². The largest absolute Gasteiger partial charge is 0.297 e. The van der Waals surface area contributed by atoms with Gasteiger partial charge in [0.2, 0.25) is 0 Å². The highest BCUT2D eigenvalue weighted by Gasteiger charge is 2.22. The van der Waals surface area contributed by atoms with Gasteiger partial charge in [0, 0.05) is 5.39 Å². The second-order valence-electron chi connectivity index (χ2n) is 11.2. The highest BCUT2D eigenvalue weighted by Crippen LogP contribution is 2.30. The summed E-state index contributed by atoms with van der Waals surface area (Å²) in [4.78, 5) is 0.401. The van der Waals surface area contributed by atoms with Crippen LogP contribution in [0.5, 0.6) is 0 Å². The number of aryl methyl sites for hydroxylation is 1. The van der Waals surface area contributed by atoms with Gasteiger partial charge in [-0.3, -0.25) is 4.18 Å². The standard InChI is InChI=1S/C34H56O3S/c1-3-5-7-9-11-13-15-17-19-21-26-32-29-28-31-25-22-23-27-33(31)34(32)38(35,36)37-30-24-20-18-16-14-12-10-8-6-4-2/h22-23,25,27-29H,3-21,24,26,30H2,1-2H3. The van der Waals surface area contributed by atoms with Crippen LogP contribution in [0.15, 0.2) is 41.3 Å². The molecule has 0 fully saturated rings. The molecular formula is C34H56O3S. The summed E-state index contributed by atoms with van der Waals surface area (Å²) in [6, 6.07) is 11.9. The van der Waals surface area contributed by atoms with Crippen LogP contribution < -0.4 is 0 Å². The van der Waals surface area contributed by atoms with Gasteiger partial charge in [0.25, 0.3) is 10.1 Å². The molecule has 2 aromatic rings. The van der Waals surface area contributed by atoms with Crippen molar-refractivity contribution < 1.29 is 12.6 Å². The van der Waals surface area contributed by atoms with Crippen LogP contribution in [-0.2, 0) is 20.7 Å². The monoisotopic (exact) mass is 544 g/mol. The molecule has 0 radical (unpaired) electrons. The van der Waals surface area contributed by atoms with E-state index in [-0.39, 0.29) is 6.61 Å². The van der Waals surface area contributed by atoms with Crippen molar-refractivity contribution in [2.24, 2.45) is 0 Å². The van der Waals surface area contributed by atoms with Gasteiger partial charge in [-0.2, -0.15) is 8.42 Å². The second kappa shape index (κ2) is 20.5. The summed E-state index contributed by atoms with van der Waals surface area (Å²) in [7, 11) is -3.79. The number of fused-ring (bicyclic) bond motifs is 1. The first-order valence-corrected chi connectivity index (χ1v) is 17.4. The van der Waals surface area contributed by atoms with Crippen molar-refractivity contribution in [1.82, 2.24) is 0 Å². The smallest absolute Gasteiger partial charge is 0.266 e. The zero-order valence-electron chi connectivity index (χ0n) is 24.7. The Bertz CT molecular complexity index is 967. The Morgan fingerprint density at radius 3 is 1.58 bits per heavy atom. The maximum absolute atomic E-state index is 13.4. The lowest BCUT2D eigenvalue weighted by Crippen LogP contribution is -2.11. The minimum Gasteiger partial charge on any atom is -0.266 e. The van der Waals surface area contributed by atoms with Crippen LogP contribution in [0.2, 0.25) is 0 Å². The fourth-order valence-corrected chi connectivity index (χ4v) is 6.80. The predicted molar refractivity (Wildman–Crippen MR) is 164 cm³/mol. The van der Waals surface area contributed by atoms with Crippen LogP contribution in [0.3, 0.4) is 0 Å². The molecule has 0 aliphatic rings. The lowest BCUT2D eigenvalue weighted by Gasteiger charge is -2.14. The quantitative estimate of drug-likeness (QED) is 0.0975. The molecule has 216 valence electrons. The summed E-state index contributed by atoms with van der Waals surface area (Å²) in [5.41, 5.74) is 0.909. The number of benzene rings is 2. The average molecular weight is 545 g/mol. The predicted octanol–water partition coefficient (Wildman–Crippen LogP) is 10.9. The summed E-state index contributed by atoms with van der Waals surface area (Å²) < 4.78 is 32.4. The first-order valence-electron chi connectivity index (χ1n) is 16.0. The Morgan fingerprint density at radius 2 is 1.03 bits per heavy atom. The molecule has 0 unspecified atom stereocenters. The Morgan fingerprint density at radius 1 is 0.553 bits per heavy atom. The number of rotatable bonds is 24. The van der Waals surface area contributed by atoms with E-state index in [4.69, 9.17) is 4.18 Å². The van der Waals surface area contributed by atoms with E-state index in [1.165, 1.54) is 96.3 Å². The van der Waals surface area contributed by atoms with Crippen molar-refractivity contribution >= 4 is 20.9 Å². The molecule has 0 aromatic heterocycles. The van der Waals surface area contributed by atoms with Gasteiger partial charge in [-0.25, -0.2) is 0 Å². The van der Waals surface area contributed by atoms with Crippen LogP contribution in [0.25, 0.3) is 10.8 Å². The van der Waals surface area contributed by atoms with E-state index < -0.39 is 10.1 Å². The maximum atomic E-state index is 13.4. The van der Waals surface area contributed by atoms with E-state index in [2.05, 4.69) is 19.9 Å². The molecule has 3 nitrogen and oxygen atoms in total. The zero-order valence-corrected chi connectivity index (χ0v) is 25.5. The Labute approximate surface area is 235 Å². The molecule has 0 amide bonds. The summed E-state index contributed by atoms with van der Waals surface area (Å²) >= 11 is 0. The highest BCUT2D eigenvalue weighted by molar-refractivity contribution is 7.87. The molecule has 0 saturated heterocycles. The summed E-state index contributed by atoms with van der Waals surface area (Å²) in [6.45, 7) is 4.79. The third kappa shape index (κ3) is 13.1. The van der Waals surface area contributed by atoms with Crippen molar-refractivity contribution in [3.63, 3.8) is 0 Å². The molecule has 2 aromatic carbocycles. The molecule has 0 aliphatic carbocycles. The number of hydrogen-bond acceptors (Lipinski definition) is 3. The highest BCUT2D eigenvalue weighted by atomic mass is 32.2. The molecule has 0 spiro atoms. The van der Waals surface area contributed by atoms with Crippen LogP contribution in [0.1, 0.15) is 148 Å². The lowest BCUT2D eigenvalue weighted by atomic mass is 10.0. The van der Waals surface area contributed by atoms with E-state index in [1.807, 2.05) is 30.3 Å². The van der Waals surface area contributed by atoms with Gasteiger partial charge in [-0.05, 0) is 30.2 Å².